The van der Waals surface area contributed by atoms with Gasteiger partial charge in [-0.05, 0) is 24.3 Å². The fourth-order valence-electron chi connectivity index (χ4n) is 1.65. The van der Waals surface area contributed by atoms with Gasteiger partial charge in [-0.15, -0.1) is 0 Å². The summed E-state index contributed by atoms with van der Waals surface area (Å²) in [6.07, 6.45) is 0. The van der Waals surface area contributed by atoms with Crippen LogP contribution in [0.5, 0.6) is 5.75 Å². The third kappa shape index (κ3) is 3.03. The van der Waals surface area contributed by atoms with Crippen molar-refractivity contribution in [2.75, 3.05) is 12.4 Å². The Morgan fingerprint density at radius 2 is 1.95 bits per heavy atom. The molecule has 0 saturated heterocycles. The van der Waals surface area contributed by atoms with Crippen LogP contribution in [0.3, 0.4) is 0 Å². The zero-order valence-corrected chi connectivity index (χ0v) is 11.7. The smallest absolute Gasteiger partial charge is 0.293 e. The van der Waals surface area contributed by atoms with Crippen molar-refractivity contribution >= 4 is 33.0 Å². The molecule has 0 spiro atoms. The van der Waals surface area contributed by atoms with Gasteiger partial charge >= 0.3 is 0 Å². The quantitative estimate of drug-likeness (QED) is 0.679. The van der Waals surface area contributed by atoms with Gasteiger partial charge in [-0.1, -0.05) is 28.1 Å². The van der Waals surface area contributed by atoms with Gasteiger partial charge in [-0.25, -0.2) is 0 Å². The predicted octanol–water partition coefficient (Wildman–Crippen LogP) is 4.11. The molecule has 0 bridgehead atoms. The van der Waals surface area contributed by atoms with E-state index in [0.29, 0.717) is 21.6 Å². The first-order valence-electron chi connectivity index (χ1n) is 5.46. The lowest BCUT2D eigenvalue weighted by Gasteiger charge is -2.11. The Morgan fingerprint density at radius 3 is 2.63 bits per heavy atom. The average Bonchev–Trinajstić information content (AvgIpc) is 2.41. The van der Waals surface area contributed by atoms with Crippen LogP contribution >= 0.6 is 15.9 Å². The summed E-state index contributed by atoms with van der Waals surface area (Å²) in [7, 11) is 1.55. The van der Waals surface area contributed by atoms with Crippen molar-refractivity contribution in [1.29, 1.82) is 0 Å². The van der Waals surface area contributed by atoms with Gasteiger partial charge in [-0.2, -0.15) is 0 Å². The maximum Gasteiger partial charge on any atom is 0.293 e. The molecule has 0 heterocycles. The number of methoxy groups -OCH3 is 1. The Morgan fingerprint density at radius 1 is 1.21 bits per heavy atom. The van der Waals surface area contributed by atoms with E-state index in [0.717, 1.165) is 0 Å². The molecule has 0 amide bonds. The van der Waals surface area contributed by atoms with Crippen molar-refractivity contribution in [3.05, 3.63) is 57.1 Å². The van der Waals surface area contributed by atoms with Crippen LogP contribution in [0.15, 0.2) is 46.9 Å². The normalized spacial score (nSPS) is 10.0. The van der Waals surface area contributed by atoms with Crippen molar-refractivity contribution in [2.24, 2.45) is 0 Å². The number of hydrogen-bond donors (Lipinski definition) is 1. The van der Waals surface area contributed by atoms with Crippen molar-refractivity contribution in [2.45, 2.75) is 0 Å². The Hall–Kier alpha value is -2.08. The van der Waals surface area contributed by atoms with Gasteiger partial charge in [0.1, 0.15) is 11.4 Å². The molecule has 0 aromatic heterocycles. The van der Waals surface area contributed by atoms with Crippen molar-refractivity contribution in [3.63, 3.8) is 0 Å². The molecule has 0 aliphatic rings. The average molecular weight is 323 g/mol. The number of ether oxygens (including phenoxy) is 1. The van der Waals surface area contributed by atoms with Crippen LogP contribution in [-0.2, 0) is 0 Å². The van der Waals surface area contributed by atoms with Crippen molar-refractivity contribution in [3.8, 4) is 5.75 Å². The number of nitro benzene ring substituents is 1. The second kappa shape index (κ2) is 5.71. The first-order valence-corrected chi connectivity index (χ1v) is 6.25. The summed E-state index contributed by atoms with van der Waals surface area (Å²) in [6, 6.07) is 12.1. The SMILES string of the molecule is COc1ccccc1Nc1ccc(Br)cc1[N+](=O)[O-]. The van der Waals surface area contributed by atoms with Crippen molar-refractivity contribution < 1.29 is 9.66 Å². The minimum Gasteiger partial charge on any atom is -0.495 e. The highest BCUT2D eigenvalue weighted by molar-refractivity contribution is 9.10. The van der Waals surface area contributed by atoms with Crippen LogP contribution in [0.4, 0.5) is 17.1 Å². The molecule has 0 unspecified atom stereocenters. The highest BCUT2D eigenvalue weighted by Gasteiger charge is 2.15. The van der Waals surface area contributed by atoms with E-state index in [4.69, 9.17) is 4.74 Å². The number of nitro groups is 1. The van der Waals surface area contributed by atoms with Gasteiger partial charge in [0.25, 0.3) is 5.69 Å². The van der Waals surface area contributed by atoms with Gasteiger partial charge in [0.15, 0.2) is 0 Å². The zero-order chi connectivity index (χ0) is 13.8. The topological polar surface area (TPSA) is 64.4 Å². The number of anilines is 2. The molecule has 19 heavy (non-hydrogen) atoms. The van der Waals surface area contributed by atoms with E-state index < -0.39 is 4.92 Å². The van der Waals surface area contributed by atoms with E-state index in [1.165, 1.54) is 6.07 Å². The largest absolute Gasteiger partial charge is 0.495 e. The molecule has 98 valence electrons. The lowest BCUT2D eigenvalue weighted by atomic mass is 10.2. The van der Waals surface area contributed by atoms with Crippen LogP contribution in [0.1, 0.15) is 0 Å². The summed E-state index contributed by atoms with van der Waals surface area (Å²) >= 11 is 3.22. The molecule has 2 rings (SSSR count). The minimum absolute atomic E-state index is 0.000260. The minimum atomic E-state index is -0.428. The van der Waals surface area contributed by atoms with Crippen LogP contribution in [0.25, 0.3) is 0 Å². The van der Waals surface area contributed by atoms with E-state index in [-0.39, 0.29) is 5.69 Å². The summed E-state index contributed by atoms with van der Waals surface area (Å²) in [5.74, 6) is 0.625. The summed E-state index contributed by atoms with van der Waals surface area (Å²) in [6.45, 7) is 0. The van der Waals surface area contributed by atoms with Gasteiger partial charge in [0.05, 0.1) is 17.7 Å². The summed E-state index contributed by atoms with van der Waals surface area (Å²) < 4.78 is 5.86. The first kappa shape index (κ1) is 13.4. The van der Waals surface area contributed by atoms with Gasteiger partial charge in [-0.3, -0.25) is 10.1 Å². The Balaban J connectivity index is 2.41. The van der Waals surface area contributed by atoms with Gasteiger partial charge < -0.3 is 10.1 Å². The van der Waals surface area contributed by atoms with E-state index in [9.17, 15) is 10.1 Å². The van der Waals surface area contributed by atoms with E-state index >= 15 is 0 Å². The molecular formula is C13H11BrN2O3. The number of hydrogen-bond acceptors (Lipinski definition) is 4. The monoisotopic (exact) mass is 322 g/mol. The third-order valence-electron chi connectivity index (χ3n) is 2.53. The summed E-state index contributed by atoms with van der Waals surface area (Å²) in [5.41, 5.74) is 1.09. The maximum absolute atomic E-state index is 11.0. The van der Waals surface area contributed by atoms with Crippen LogP contribution in [0.2, 0.25) is 0 Å². The maximum atomic E-state index is 11.0. The fraction of sp³-hybridized carbons (Fsp3) is 0.0769. The Labute approximate surface area is 118 Å². The second-order valence-corrected chi connectivity index (χ2v) is 4.66. The van der Waals surface area contributed by atoms with E-state index in [2.05, 4.69) is 21.2 Å². The van der Waals surface area contributed by atoms with E-state index in [1.54, 1.807) is 31.4 Å². The lowest BCUT2D eigenvalue weighted by molar-refractivity contribution is -0.384. The molecule has 2 aromatic carbocycles. The molecule has 6 heteroatoms. The number of nitrogens with one attached hydrogen (secondary N) is 1. The molecule has 0 fully saturated rings. The highest BCUT2D eigenvalue weighted by atomic mass is 79.9. The lowest BCUT2D eigenvalue weighted by Crippen LogP contribution is -1.98. The number of halogens is 1. The van der Waals surface area contributed by atoms with Crippen molar-refractivity contribution in [1.82, 2.24) is 0 Å². The second-order valence-electron chi connectivity index (χ2n) is 3.74. The van der Waals surface area contributed by atoms with Crippen LogP contribution in [0, 0.1) is 10.1 Å². The molecule has 1 N–H and O–H groups in total. The first-order chi connectivity index (χ1) is 9.11. The van der Waals surface area contributed by atoms with Crippen LogP contribution in [-0.4, -0.2) is 12.0 Å². The fourth-order valence-corrected chi connectivity index (χ4v) is 2.00. The molecule has 0 atom stereocenters. The number of nitrogens with zero attached hydrogens (tertiary/aromatic N) is 1. The number of para-hydroxylation sites is 2. The predicted molar refractivity (Wildman–Crippen MR) is 77.1 cm³/mol. The molecule has 5 nitrogen and oxygen atoms in total. The highest BCUT2D eigenvalue weighted by Crippen LogP contribution is 2.33. The third-order valence-corrected chi connectivity index (χ3v) is 3.03. The molecule has 0 saturated carbocycles. The zero-order valence-electron chi connectivity index (χ0n) is 10.1. The Kier molecular flexibility index (Phi) is 4.01. The molecule has 0 aliphatic carbocycles. The van der Waals surface area contributed by atoms with Gasteiger partial charge in [0.2, 0.25) is 0 Å². The van der Waals surface area contributed by atoms with E-state index in [1.807, 2.05) is 12.1 Å². The summed E-state index contributed by atoms with van der Waals surface area (Å²) in [5, 5.41) is 14.0. The molecule has 0 radical (unpaired) electrons. The Bertz CT molecular complexity index is 617. The molecule has 2 aromatic rings. The van der Waals surface area contributed by atoms with Crippen LogP contribution < -0.4 is 10.1 Å². The number of rotatable bonds is 4. The summed E-state index contributed by atoms with van der Waals surface area (Å²) in [4.78, 5) is 10.6. The molecular weight excluding hydrogens is 312 g/mol. The number of benzene rings is 2. The standard InChI is InChI=1S/C13H11BrN2O3/c1-19-13-5-3-2-4-11(13)15-10-7-6-9(14)8-12(10)16(17)18/h2-8,15H,1H3. The van der Waals surface area contributed by atoms with Gasteiger partial charge in [0, 0.05) is 10.5 Å². The molecule has 0 aliphatic heterocycles.